The highest BCUT2D eigenvalue weighted by Crippen LogP contribution is 2.35. The zero-order valence-electron chi connectivity index (χ0n) is 15.0. The molecule has 2 N–H and O–H groups in total. The number of phenols is 2. The van der Waals surface area contributed by atoms with Crippen molar-refractivity contribution in [3.63, 3.8) is 0 Å². The van der Waals surface area contributed by atoms with Gasteiger partial charge in [-0.05, 0) is 41.5 Å². The second kappa shape index (κ2) is 7.86. The number of aromatic hydroxyl groups is 2. The number of carbonyl (C=O) groups is 1. The summed E-state index contributed by atoms with van der Waals surface area (Å²) in [6.07, 6.45) is 4.64. The van der Waals surface area contributed by atoms with Crippen molar-refractivity contribution in [2.24, 2.45) is 0 Å². The number of rotatable bonds is 5. The second-order valence-corrected chi connectivity index (χ2v) is 6.02. The van der Waals surface area contributed by atoms with Gasteiger partial charge in [-0.15, -0.1) is 0 Å². The lowest BCUT2D eigenvalue weighted by molar-refractivity contribution is -0.118. The predicted octanol–water partition coefficient (Wildman–Crippen LogP) is 3.74. The first-order valence-corrected chi connectivity index (χ1v) is 8.33. The third-order valence-electron chi connectivity index (χ3n) is 4.19. The summed E-state index contributed by atoms with van der Waals surface area (Å²) in [5.74, 6) is 1.14. The van der Waals surface area contributed by atoms with Crippen molar-refractivity contribution in [2.75, 3.05) is 14.2 Å². The van der Waals surface area contributed by atoms with Gasteiger partial charge in [0.2, 0.25) is 0 Å². The molecule has 2 aromatic carbocycles. The second-order valence-electron chi connectivity index (χ2n) is 6.02. The average Bonchev–Trinajstić information content (AvgIpc) is 2.67. The minimum atomic E-state index is -0.467. The Labute approximate surface area is 156 Å². The normalized spacial score (nSPS) is 16.7. The Morgan fingerprint density at radius 3 is 2.37 bits per heavy atom. The molecule has 0 radical (unpaired) electrons. The summed E-state index contributed by atoms with van der Waals surface area (Å²) in [5.41, 5.74) is 1.53. The summed E-state index contributed by atoms with van der Waals surface area (Å²) in [4.78, 5) is 12.1. The number of benzene rings is 2. The molecule has 27 heavy (non-hydrogen) atoms. The molecule has 140 valence electrons. The molecule has 0 spiro atoms. The summed E-state index contributed by atoms with van der Waals surface area (Å²) < 4.78 is 16.1. The average molecular weight is 368 g/mol. The number of phenolic OH excluding ortho intramolecular Hbond substituents is 2. The lowest BCUT2D eigenvalue weighted by Gasteiger charge is -2.23. The molecule has 0 aromatic heterocycles. The maximum absolute atomic E-state index is 12.1. The smallest absolute Gasteiger partial charge is 0.163 e. The molecular formula is C21H20O6. The van der Waals surface area contributed by atoms with Crippen molar-refractivity contribution in [3.8, 4) is 23.0 Å². The first-order chi connectivity index (χ1) is 13.0. The Kier molecular flexibility index (Phi) is 5.35. The van der Waals surface area contributed by atoms with Crippen molar-refractivity contribution < 1.29 is 29.2 Å². The first-order valence-electron chi connectivity index (χ1n) is 8.33. The number of hydrogen-bond acceptors (Lipinski definition) is 6. The van der Waals surface area contributed by atoms with Crippen molar-refractivity contribution >= 4 is 11.9 Å². The SMILES string of the molecule is COc1cc(/C=C\C2=CC(=O)CC(c3ccc(O)c(OC)c3)O2)ccc1O. The molecule has 1 heterocycles. The van der Waals surface area contributed by atoms with Crippen LogP contribution in [0.5, 0.6) is 23.0 Å². The van der Waals surface area contributed by atoms with Crippen LogP contribution in [0.2, 0.25) is 0 Å². The molecule has 3 rings (SSSR count). The van der Waals surface area contributed by atoms with Gasteiger partial charge >= 0.3 is 0 Å². The maximum Gasteiger partial charge on any atom is 0.163 e. The summed E-state index contributed by atoms with van der Waals surface area (Å²) in [6.45, 7) is 0. The lowest BCUT2D eigenvalue weighted by Crippen LogP contribution is -2.14. The van der Waals surface area contributed by atoms with Crippen molar-refractivity contribution in [1.29, 1.82) is 0 Å². The summed E-state index contributed by atoms with van der Waals surface area (Å²) in [5, 5.41) is 19.4. The number of ketones is 1. The van der Waals surface area contributed by atoms with Crippen LogP contribution in [0, 0.1) is 0 Å². The predicted molar refractivity (Wildman–Crippen MR) is 99.9 cm³/mol. The Morgan fingerprint density at radius 1 is 1.00 bits per heavy atom. The van der Waals surface area contributed by atoms with Crippen LogP contribution in [0.15, 0.2) is 54.3 Å². The van der Waals surface area contributed by atoms with Crippen molar-refractivity contribution in [1.82, 2.24) is 0 Å². The molecule has 0 amide bonds. The van der Waals surface area contributed by atoms with Gasteiger partial charge in [0.1, 0.15) is 11.9 Å². The molecular weight excluding hydrogens is 348 g/mol. The van der Waals surface area contributed by atoms with Crippen molar-refractivity contribution in [3.05, 3.63) is 65.4 Å². The van der Waals surface area contributed by atoms with E-state index in [0.29, 0.717) is 17.3 Å². The Bertz CT molecular complexity index is 913. The summed E-state index contributed by atoms with van der Waals surface area (Å²) >= 11 is 0. The van der Waals surface area contributed by atoms with E-state index in [2.05, 4.69) is 0 Å². The largest absolute Gasteiger partial charge is 0.504 e. The van der Waals surface area contributed by atoms with Crippen molar-refractivity contribution in [2.45, 2.75) is 12.5 Å². The molecule has 0 saturated carbocycles. The van der Waals surface area contributed by atoms with E-state index >= 15 is 0 Å². The van der Waals surface area contributed by atoms with Crippen LogP contribution in [0.4, 0.5) is 0 Å². The molecule has 0 saturated heterocycles. The van der Waals surface area contributed by atoms with Crippen LogP contribution in [0.3, 0.4) is 0 Å². The van der Waals surface area contributed by atoms with E-state index < -0.39 is 6.10 Å². The molecule has 2 aromatic rings. The fraction of sp³-hybridized carbons (Fsp3) is 0.190. The minimum absolute atomic E-state index is 0.0281. The molecule has 6 heteroatoms. The first kappa shape index (κ1) is 18.4. The monoisotopic (exact) mass is 368 g/mol. The Hall–Kier alpha value is -3.41. The topological polar surface area (TPSA) is 85.2 Å². The highest BCUT2D eigenvalue weighted by molar-refractivity contribution is 5.92. The Balaban J connectivity index is 1.80. The van der Waals surface area contributed by atoms with E-state index in [1.54, 1.807) is 36.4 Å². The Morgan fingerprint density at radius 2 is 1.67 bits per heavy atom. The highest BCUT2D eigenvalue weighted by atomic mass is 16.5. The van der Waals surface area contributed by atoms with E-state index in [1.165, 1.54) is 32.4 Å². The molecule has 6 nitrogen and oxygen atoms in total. The van der Waals surface area contributed by atoms with Gasteiger partial charge in [-0.25, -0.2) is 0 Å². The molecule has 0 aliphatic carbocycles. The molecule has 1 aliphatic heterocycles. The van der Waals surface area contributed by atoms with Crippen LogP contribution >= 0.6 is 0 Å². The van der Waals surface area contributed by atoms with Gasteiger partial charge in [0.05, 0.1) is 20.6 Å². The van der Waals surface area contributed by atoms with E-state index in [9.17, 15) is 15.0 Å². The van der Waals surface area contributed by atoms with E-state index in [1.807, 2.05) is 0 Å². The van der Waals surface area contributed by atoms with Gasteiger partial charge in [0.15, 0.2) is 28.8 Å². The van der Waals surface area contributed by atoms with Crippen LogP contribution in [-0.4, -0.2) is 30.2 Å². The van der Waals surface area contributed by atoms with Gasteiger partial charge in [-0.1, -0.05) is 18.2 Å². The summed E-state index contributed by atoms with van der Waals surface area (Å²) in [6, 6.07) is 9.81. The van der Waals surface area contributed by atoms with Crippen LogP contribution in [0.1, 0.15) is 23.7 Å². The third kappa shape index (κ3) is 4.23. The molecule has 0 fully saturated rings. The zero-order chi connectivity index (χ0) is 19.4. The fourth-order valence-electron chi connectivity index (χ4n) is 2.78. The fourth-order valence-corrected chi connectivity index (χ4v) is 2.78. The number of ether oxygens (including phenoxy) is 3. The van der Waals surface area contributed by atoms with Gasteiger partial charge in [-0.3, -0.25) is 4.79 Å². The number of allylic oxidation sites excluding steroid dienone is 2. The van der Waals surface area contributed by atoms with E-state index in [0.717, 1.165) is 11.1 Å². The standard InChI is InChI=1S/C21H20O6/c1-25-20-9-13(4-7-17(20)23)3-6-16-11-15(22)12-19(27-16)14-5-8-18(24)21(10-14)26-2/h3-11,19,23-24H,12H2,1-2H3/b6-3-. The number of hydrogen-bond donors (Lipinski definition) is 2. The lowest BCUT2D eigenvalue weighted by atomic mass is 10.0. The molecule has 1 unspecified atom stereocenters. The maximum atomic E-state index is 12.1. The van der Waals surface area contributed by atoms with Gasteiger partial charge in [0.25, 0.3) is 0 Å². The minimum Gasteiger partial charge on any atom is -0.504 e. The van der Waals surface area contributed by atoms with Gasteiger partial charge in [-0.2, -0.15) is 0 Å². The van der Waals surface area contributed by atoms with Gasteiger partial charge < -0.3 is 24.4 Å². The number of carbonyl (C=O) groups excluding carboxylic acids is 1. The number of methoxy groups -OCH3 is 2. The molecule has 1 aliphatic rings. The summed E-state index contributed by atoms with van der Waals surface area (Å²) in [7, 11) is 2.94. The van der Waals surface area contributed by atoms with E-state index in [4.69, 9.17) is 14.2 Å². The highest BCUT2D eigenvalue weighted by Gasteiger charge is 2.23. The van der Waals surface area contributed by atoms with Crippen LogP contribution < -0.4 is 9.47 Å². The van der Waals surface area contributed by atoms with Crippen LogP contribution in [0.25, 0.3) is 6.08 Å². The molecule has 0 bridgehead atoms. The van der Waals surface area contributed by atoms with E-state index in [-0.39, 0.29) is 23.7 Å². The zero-order valence-corrected chi connectivity index (χ0v) is 15.0. The quantitative estimate of drug-likeness (QED) is 0.836. The third-order valence-corrected chi connectivity index (χ3v) is 4.19. The molecule has 1 atom stereocenters. The van der Waals surface area contributed by atoms with Crippen LogP contribution in [-0.2, 0) is 9.53 Å². The van der Waals surface area contributed by atoms with Gasteiger partial charge in [0, 0.05) is 6.08 Å².